The summed E-state index contributed by atoms with van der Waals surface area (Å²) < 4.78 is 40.7. The van der Waals surface area contributed by atoms with Crippen molar-refractivity contribution in [3.05, 3.63) is 60.2 Å². The van der Waals surface area contributed by atoms with Gasteiger partial charge in [-0.2, -0.15) is 0 Å². The maximum Gasteiger partial charge on any atom is 0.573 e. The van der Waals surface area contributed by atoms with Crippen LogP contribution in [0.4, 0.5) is 23.7 Å². The van der Waals surface area contributed by atoms with E-state index in [1.165, 1.54) is 23.1 Å². The van der Waals surface area contributed by atoms with Gasteiger partial charge in [0.05, 0.1) is 0 Å². The molecule has 2 aromatic carbocycles. The van der Waals surface area contributed by atoms with E-state index < -0.39 is 12.4 Å². The van der Waals surface area contributed by atoms with Crippen molar-refractivity contribution in [2.24, 2.45) is 0 Å². The predicted molar refractivity (Wildman–Crippen MR) is 87.7 cm³/mol. The van der Waals surface area contributed by atoms with E-state index in [0.717, 1.165) is 4.90 Å². The molecule has 0 spiro atoms. The Morgan fingerprint density at radius 3 is 2.42 bits per heavy atom. The van der Waals surface area contributed by atoms with Crippen molar-refractivity contribution < 1.29 is 27.5 Å². The number of benzene rings is 2. The van der Waals surface area contributed by atoms with E-state index in [2.05, 4.69) is 4.74 Å². The normalized spacial score (nSPS) is 14.9. The number of alkyl halides is 3. The molecule has 2 aromatic rings. The highest BCUT2D eigenvalue weighted by Crippen LogP contribution is 2.24. The van der Waals surface area contributed by atoms with Crippen LogP contribution < -0.4 is 9.64 Å². The zero-order valence-corrected chi connectivity index (χ0v) is 13.6. The largest absolute Gasteiger partial charge is 0.573 e. The lowest BCUT2D eigenvalue weighted by Crippen LogP contribution is -2.34. The number of nitrogens with zero attached hydrogens (tertiary/aromatic N) is 2. The number of ether oxygens (including phenoxy) is 1. The lowest BCUT2D eigenvalue weighted by molar-refractivity contribution is -0.274. The van der Waals surface area contributed by atoms with Crippen LogP contribution in [0.1, 0.15) is 5.56 Å². The van der Waals surface area contributed by atoms with Crippen molar-refractivity contribution in [3.8, 4) is 5.75 Å². The number of urea groups is 1. The minimum Gasteiger partial charge on any atom is -0.406 e. The second kappa shape index (κ2) is 7.07. The SMILES string of the molecule is O=C1CN(c2ccccc2)C(=O)N1CCc1cccc(OC(F)(F)F)c1. The highest BCUT2D eigenvalue weighted by molar-refractivity contribution is 6.12. The number of para-hydroxylation sites is 1. The molecule has 5 nitrogen and oxygen atoms in total. The second-order valence-corrected chi connectivity index (χ2v) is 5.69. The summed E-state index contributed by atoms with van der Waals surface area (Å²) in [7, 11) is 0. The van der Waals surface area contributed by atoms with E-state index in [1.54, 1.807) is 36.4 Å². The van der Waals surface area contributed by atoms with Gasteiger partial charge in [-0.15, -0.1) is 13.2 Å². The average molecular weight is 364 g/mol. The Balaban J connectivity index is 1.66. The molecule has 3 rings (SSSR count). The summed E-state index contributed by atoms with van der Waals surface area (Å²) in [5.41, 5.74) is 1.15. The Morgan fingerprint density at radius 2 is 1.73 bits per heavy atom. The number of carbonyl (C=O) groups excluding carboxylic acids is 2. The van der Waals surface area contributed by atoms with E-state index in [9.17, 15) is 22.8 Å². The molecule has 0 aliphatic carbocycles. The number of carbonyl (C=O) groups is 2. The highest BCUT2D eigenvalue weighted by Gasteiger charge is 2.36. The fourth-order valence-corrected chi connectivity index (χ4v) is 2.71. The van der Waals surface area contributed by atoms with E-state index in [4.69, 9.17) is 0 Å². The number of hydrogen-bond donors (Lipinski definition) is 0. The molecular weight excluding hydrogens is 349 g/mol. The number of halogens is 3. The van der Waals surface area contributed by atoms with Crippen LogP contribution in [0.15, 0.2) is 54.6 Å². The predicted octanol–water partition coefficient (Wildman–Crippen LogP) is 3.60. The summed E-state index contributed by atoms with van der Waals surface area (Å²) in [5.74, 6) is -0.679. The molecule has 0 bridgehead atoms. The lowest BCUT2D eigenvalue weighted by atomic mass is 10.1. The molecule has 136 valence electrons. The summed E-state index contributed by atoms with van der Waals surface area (Å²) in [4.78, 5) is 27.1. The van der Waals surface area contributed by atoms with Crippen LogP contribution in [0.3, 0.4) is 0 Å². The Bertz CT molecular complexity index is 809. The molecule has 1 aliphatic rings. The number of anilines is 1. The molecule has 1 fully saturated rings. The van der Waals surface area contributed by atoms with Gasteiger partial charge in [-0.3, -0.25) is 14.6 Å². The van der Waals surface area contributed by atoms with Gasteiger partial charge in [0.2, 0.25) is 0 Å². The third-order valence-electron chi connectivity index (χ3n) is 3.88. The number of imide groups is 1. The van der Waals surface area contributed by atoms with Gasteiger partial charge in [0.15, 0.2) is 0 Å². The first-order valence-electron chi connectivity index (χ1n) is 7.85. The lowest BCUT2D eigenvalue weighted by Gasteiger charge is -2.17. The van der Waals surface area contributed by atoms with Gasteiger partial charge in [-0.25, -0.2) is 4.79 Å². The van der Waals surface area contributed by atoms with Gasteiger partial charge >= 0.3 is 12.4 Å². The molecule has 8 heteroatoms. The Morgan fingerprint density at radius 1 is 1.00 bits per heavy atom. The molecule has 3 amide bonds. The minimum absolute atomic E-state index is 0.0555. The van der Waals surface area contributed by atoms with Gasteiger partial charge < -0.3 is 4.74 Å². The van der Waals surface area contributed by atoms with Crippen molar-refractivity contribution in [2.45, 2.75) is 12.8 Å². The maximum absolute atomic E-state index is 12.4. The highest BCUT2D eigenvalue weighted by atomic mass is 19.4. The van der Waals surface area contributed by atoms with Gasteiger partial charge in [0.25, 0.3) is 5.91 Å². The number of amides is 3. The van der Waals surface area contributed by atoms with Crippen molar-refractivity contribution in [1.29, 1.82) is 0 Å². The molecule has 0 saturated carbocycles. The van der Waals surface area contributed by atoms with Crippen molar-refractivity contribution in [1.82, 2.24) is 4.90 Å². The molecule has 0 unspecified atom stereocenters. The molecule has 1 heterocycles. The molecule has 0 N–H and O–H groups in total. The van der Waals surface area contributed by atoms with Gasteiger partial charge in [0, 0.05) is 12.2 Å². The van der Waals surface area contributed by atoms with E-state index >= 15 is 0 Å². The third kappa shape index (κ3) is 4.14. The van der Waals surface area contributed by atoms with Crippen LogP contribution in [-0.2, 0) is 11.2 Å². The molecule has 26 heavy (non-hydrogen) atoms. The van der Waals surface area contributed by atoms with Crippen LogP contribution in [0, 0.1) is 0 Å². The zero-order chi connectivity index (χ0) is 18.7. The second-order valence-electron chi connectivity index (χ2n) is 5.69. The first-order valence-corrected chi connectivity index (χ1v) is 7.85. The fourth-order valence-electron chi connectivity index (χ4n) is 2.71. The van der Waals surface area contributed by atoms with E-state index in [0.29, 0.717) is 11.3 Å². The first-order chi connectivity index (χ1) is 12.3. The van der Waals surface area contributed by atoms with Crippen LogP contribution in [0.2, 0.25) is 0 Å². The Labute approximate surface area is 147 Å². The number of rotatable bonds is 5. The van der Waals surface area contributed by atoms with Crippen LogP contribution >= 0.6 is 0 Å². The van der Waals surface area contributed by atoms with Gasteiger partial charge in [-0.05, 0) is 36.2 Å². The summed E-state index contributed by atoms with van der Waals surface area (Å²) in [6.45, 7) is 0.0243. The fraction of sp³-hybridized carbons (Fsp3) is 0.222. The maximum atomic E-state index is 12.4. The summed E-state index contributed by atoms with van der Waals surface area (Å²) in [6, 6.07) is 13.8. The van der Waals surface area contributed by atoms with E-state index in [-0.39, 0.29) is 31.2 Å². The standard InChI is InChI=1S/C18H15F3N2O3/c19-18(20,21)26-15-8-4-5-13(11-15)9-10-22-16(24)12-23(17(22)25)14-6-2-1-3-7-14/h1-8,11H,9-10,12H2. The van der Waals surface area contributed by atoms with E-state index in [1.807, 2.05) is 0 Å². The van der Waals surface area contributed by atoms with Crippen molar-refractivity contribution in [2.75, 3.05) is 18.0 Å². The average Bonchev–Trinajstić information content (AvgIpc) is 2.87. The minimum atomic E-state index is -4.77. The smallest absolute Gasteiger partial charge is 0.406 e. The summed E-state index contributed by atoms with van der Waals surface area (Å²) in [5, 5.41) is 0. The molecule has 0 atom stereocenters. The van der Waals surface area contributed by atoms with Crippen LogP contribution in [-0.4, -0.2) is 36.3 Å². The summed E-state index contributed by atoms with van der Waals surface area (Å²) >= 11 is 0. The molecule has 1 aliphatic heterocycles. The molecule has 0 radical (unpaired) electrons. The van der Waals surface area contributed by atoms with Gasteiger partial charge in [0.1, 0.15) is 12.3 Å². The topological polar surface area (TPSA) is 49.9 Å². The summed E-state index contributed by atoms with van der Waals surface area (Å²) in [6.07, 6.45) is -4.54. The third-order valence-corrected chi connectivity index (χ3v) is 3.88. The molecular formula is C18H15F3N2O3. The quantitative estimate of drug-likeness (QED) is 0.762. The monoisotopic (exact) mass is 364 g/mol. The van der Waals surface area contributed by atoms with Crippen molar-refractivity contribution in [3.63, 3.8) is 0 Å². The van der Waals surface area contributed by atoms with Gasteiger partial charge in [-0.1, -0.05) is 30.3 Å². The molecule has 0 aromatic heterocycles. The molecule has 1 saturated heterocycles. The van der Waals surface area contributed by atoms with Crippen molar-refractivity contribution >= 4 is 17.6 Å². The number of hydrogen-bond acceptors (Lipinski definition) is 3. The zero-order valence-electron chi connectivity index (χ0n) is 13.6. The van der Waals surface area contributed by atoms with Crippen LogP contribution in [0.25, 0.3) is 0 Å². The Kier molecular flexibility index (Phi) is 4.83. The van der Waals surface area contributed by atoms with Crippen LogP contribution in [0.5, 0.6) is 5.75 Å². The Hall–Kier alpha value is -3.03. The first kappa shape index (κ1) is 17.8.